The van der Waals surface area contributed by atoms with E-state index in [0.717, 1.165) is 4.47 Å². The number of hydrogen-bond acceptors (Lipinski definition) is 2. The highest BCUT2D eigenvalue weighted by Gasteiger charge is 2.29. The van der Waals surface area contributed by atoms with E-state index in [1.165, 1.54) is 0 Å². The lowest BCUT2D eigenvalue weighted by Gasteiger charge is -2.37. The largest absolute Gasteiger partial charge is 0.335 e. The third-order valence-corrected chi connectivity index (χ3v) is 3.68. The first kappa shape index (κ1) is 10.9. The van der Waals surface area contributed by atoms with Crippen molar-refractivity contribution in [3.63, 3.8) is 0 Å². The molecular formula is C10H10BrClN2O. The molecule has 0 radical (unpaired) electrons. The zero-order valence-corrected chi connectivity index (χ0v) is 10.3. The van der Waals surface area contributed by atoms with Crippen LogP contribution in [-0.4, -0.2) is 29.9 Å². The highest BCUT2D eigenvalue weighted by atomic mass is 79.9. The molecule has 1 aliphatic rings. The Hall–Kier alpha value is -0.580. The average molecular weight is 290 g/mol. The van der Waals surface area contributed by atoms with Crippen molar-refractivity contribution >= 4 is 33.4 Å². The summed E-state index contributed by atoms with van der Waals surface area (Å²) < 4.78 is 0.736. The Labute approximate surface area is 101 Å². The van der Waals surface area contributed by atoms with E-state index in [9.17, 15) is 4.79 Å². The normalized spacial score (nSPS) is 16.3. The fourth-order valence-electron chi connectivity index (χ4n) is 1.52. The molecule has 3 nitrogen and oxygen atoms in total. The summed E-state index contributed by atoms with van der Waals surface area (Å²) in [7, 11) is 0. The van der Waals surface area contributed by atoms with Gasteiger partial charge in [0, 0.05) is 23.6 Å². The first-order valence-corrected chi connectivity index (χ1v) is 5.75. The molecule has 1 amide bonds. The highest BCUT2D eigenvalue weighted by Crippen LogP contribution is 2.27. The molecule has 0 aromatic heterocycles. The van der Waals surface area contributed by atoms with E-state index in [-0.39, 0.29) is 11.9 Å². The van der Waals surface area contributed by atoms with Crippen LogP contribution in [0.25, 0.3) is 0 Å². The second-order valence-electron chi connectivity index (χ2n) is 3.57. The molecule has 1 saturated heterocycles. The van der Waals surface area contributed by atoms with E-state index in [4.69, 9.17) is 17.3 Å². The number of nitrogens with two attached hydrogens (primary N) is 1. The van der Waals surface area contributed by atoms with Gasteiger partial charge in [-0.2, -0.15) is 0 Å². The van der Waals surface area contributed by atoms with E-state index in [1.54, 1.807) is 23.1 Å². The van der Waals surface area contributed by atoms with E-state index in [0.29, 0.717) is 23.7 Å². The number of nitrogens with zero attached hydrogens (tertiary/aromatic N) is 1. The Kier molecular flexibility index (Phi) is 3.00. The Morgan fingerprint density at radius 1 is 1.53 bits per heavy atom. The monoisotopic (exact) mass is 288 g/mol. The Balaban J connectivity index is 2.22. The molecule has 1 aliphatic heterocycles. The van der Waals surface area contributed by atoms with Gasteiger partial charge in [0.2, 0.25) is 0 Å². The van der Waals surface area contributed by atoms with Gasteiger partial charge < -0.3 is 10.6 Å². The number of amides is 1. The van der Waals surface area contributed by atoms with Crippen LogP contribution >= 0.6 is 27.5 Å². The van der Waals surface area contributed by atoms with Crippen LogP contribution in [0, 0.1) is 0 Å². The van der Waals surface area contributed by atoms with Gasteiger partial charge in [-0.1, -0.05) is 17.7 Å². The second-order valence-corrected chi connectivity index (χ2v) is 4.80. The fourth-order valence-corrected chi connectivity index (χ4v) is 2.09. The molecule has 0 bridgehead atoms. The molecule has 1 fully saturated rings. The fraction of sp³-hybridized carbons (Fsp3) is 0.300. The Bertz CT molecular complexity index is 404. The number of rotatable bonds is 1. The van der Waals surface area contributed by atoms with E-state index >= 15 is 0 Å². The van der Waals surface area contributed by atoms with Gasteiger partial charge in [-0.05, 0) is 28.1 Å². The average Bonchev–Trinajstić information content (AvgIpc) is 2.16. The van der Waals surface area contributed by atoms with Crippen LogP contribution in [0.4, 0.5) is 0 Å². The van der Waals surface area contributed by atoms with Crippen molar-refractivity contribution < 1.29 is 4.79 Å². The van der Waals surface area contributed by atoms with E-state index < -0.39 is 0 Å². The topological polar surface area (TPSA) is 46.3 Å². The molecule has 5 heteroatoms. The van der Waals surface area contributed by atoms with Crippen LogP contribution in [0.3, 0.4) is 0 Å². The first-order chi connectivity index (χ1) is 7.09. The smallest absolute Gasteiger partial charge is 0.255 e. The van der Waals surface area contributed by atoms with Gasteiger partial charge >= 0.3 is 0 Å². The van der Waals surface area contributed by atoms with Crippen molar-refractivity contribution in [2.75, 3.05) is 13.1 Å². The number of hydrogen-bond donors (Lipinski definition) is 1. The summed E-state index contributed by atoms with van der Waals surface area (Å²) in [6, 6.07) is 5.43. The molecular weight excluding hydrogens is 279 g/mol. The van der Waals surface area contributed by atoms with E-state index in [2.05, 4.69) is 15.9 Å². The van der Waals surface area contributed by atoms with Crippen molar-refractivity contribution in [2.45, 2.75) is 6.04 Å². The number of carbonyl (C=O) groups excluding carboxylic acids is 1. The van der Waals surface area contributed by atoms with Gasteiger partial charge in [0.1, 0.15) is 0 Å². The van der Waals surface area contributed by atoms with Gasteiger partial charge in [-0.25, -0.2) is 0 Å². The molecule has 0 spiro atoms. The maximum absolute atomic E-state index is 11.9. The van der Waals surface area contributed by atoms with Crippen LogP contribution in [-0.2, 0) is 0 Å². The van der Waals surface area contributed by atoms with Gasteiger partial charge in [-0.3, -0.25) is 4.79 Å². The van der Waals surface area contributed by atoms with Crippen molar-refractivity contribution in [3.05, 3.63) is 33.3 Å². The van der Waals surface area contributed by atoms with Crippen LogP contribution < -0.4 is 5.73 Å². The highest BCUT2D eigenvalue weighted by molar-refractivity contribution is 9.10. The zero-order valence-electron chi connectivity index (χ0n) is 7.91. The van der Waals surface area contributed by atoms with Crippen molar-refractivity contribution in [1.29, 1.82) is 0 Å². The molecule has 2 rings (SSSR count). The summed E-state index contributed by atoms with van der Waals surface area (Å²) in [6.45, 7) is 1.23. The third kappa shape index (κ3) is 2.02. The van der Waals surface area contributed by atoms with E-state index in [1.807, 2.05) is 0 Å². The molecule has 1 aromatic carbocycles. The van der Waals surface area contributed by atoms with Crippen molar-refractivity contribution in [1.82, 2.24) is 4.90 Å². The van der Waals surface area contributed by atoms with Crippen molar-refractivity contribution in [3.8, 4) is 0 Å². The van der Waals surface area contributed by atoms with Gasteiger partial charge in [0.05, 0.1) is 10.6 Å². The number of halogens is 2. The Morgan fingerprint density at radius 3 is 2.80 bits per heavy atom. The third-order valence-electron chi connectivity index (χ3n) is 2.38. The van der Waals surface area contributed by atoms with Gasteiger partial charge in [-0.15, -0.1) is 0 Å². The van der Waals surface area contributed by atoms with Gasteiger partial charge in [0.25, 0.3) is 5.91 Å². The minimum Gasteiger partial charge on any atom is -0.335 e. The predicted octanol–water partition coefficient (Wildman–Crippen LogP) is 1.89. The molecule has 2 N–H and O–H groups in total. The van der Waals surface area contributed by atoms with Crippen LogP contribution in [0.2, 0.25) is 5.02 Å². The summed E-state index contributed by atoms with van der Waals surface area (Å²) in [4.78, 5) is 13.6. The zero-order chi connectivity index (χ0) is 11.0. The lowest BCUT2D eigenvalue weighted by Crippen LogP contribution is -2.57. The summed E-state index contributed by atoms with van der Waals surface area (Å²) in [5, 5.41) is 0.461. The van der Waals surface area contributed by atoms with Crippen molar-refractivity contribution in [2.24, 2.45) is 5.73 Å². The summed E-state index contributed by atoms with van der Waals surface area (Å²) >= 11 is 9.31. The van der Waals surface area contributed by atoms with Crippen LogP contribution in [0.5, 0.6) is 0 Å². The summed E-state index contributed by atoms with van der Waals surface area (Å²) in [5.74, 6) is -0.0528. The molecule has 0 atom stereocenters. The summed E-state index contributed by atoms with van der Waals surface area (Å²) in [5.41, 5.74) is 6.14. The molecule has 1 heterocycles. The lowest BCUT2D eigenvalue weighted by atomic mass is 10.1. The quantitative estimate of drug-likeness (QED) is 0.858. The summed E-state index contributed by atoms with van der Waals surface area (Å²) in [6.07, 6.45) is 0. The standard InChI is InChI=1S/C10H10BrClN2O/c11-8-3-1-2-7(9(8)12)10(15)14-4-6(13)5-14/h1-3,6H,4-5,13H2. The molecule has 80 valence electrons. The molecule has 1 aromatic rings. The van der Waals surface area contributed by atoms with Gasteiger partial charge in [0.15, 0.2) is 0 Å². The molecule has 15 heavy (non-hydrogen) atoms. The lowest BCUT2D eigenvalue weighted by molar-refractivity contribution is 0.0608. The SMILES string of the molecule is NC1CN(C(=O)c2cccc(Br)c2Cl)C1. The minimum atomic E-state index is -0.0528. The molecule has 0 unspecified atom stereocenters. The number of carbonyl (C=O) groups is 1. The minimum absolute atomic E-state index is 0.0528. The second kappa shape index (κ2) is 4.12. The molecule has 0 aliphatic carbocycles. The molecule has 0 saturated carbocycles. The van der Waals surface area contributed by atoms with Crippen LogP contribution in [0.1, 0.15) is 10.4 Å². The maximum Gasteiger partial charge on any atom is 0.255 e. The first-order valence-electron chi connectivity index (χ1n) is 4.58. The number of likely N-dealkylation sites (tertiary alicyclic amines) is 1. The Morgan fingerprint density at radius 2 is 2.20 bits per heavy atom. The predicted molar refractivity (Wildman–Crippen MR) is 63.0 cm³/mol. The maximum atomic E-state index is 11.9. The number of benzene rings is 1. The van der Waals surface area contributed by atoms with Crippen LogP contribution in [0.15, 0.2) is 22.7 Å².